The van der Waals surface area contributed by atoms with Crippen molar-refractivity contribution in [3.63, 3.8) is 0 Å². The second-order valence-electron chi connectivity index (χ2n) is 10.7. The lowest BCUT2D eigenvalue weighted by atomic mass is 10.1. The molecule has 0 radical (unpaired) electrons. The number of pyridine rings is 1. The summed E-state index contributed by atoms with van der Waals surface area (Å²) in [5, 5.41) is 2.73. The van der Waals surface area contributed by atoms with Crippen LogP contribution in [0, 0.1) is 0 Å². The van der Waals surface area contributed by atoms with Gasteiger partial charge in [0.2, 0.25) is 5.91 Å². The molecule has 0 N–H and O–H groups in total. The number of thioether (sulfide) groups is 1. The Morgan fingerprint density at radius 1 is 1.08 bits per heavy atom. The minimum Gasteiger partial charge on any atom is -0.444 e. The van der Waals surface area contributed by atoms with Crippen molar-refractivity contribution in [3.8, 4) is 0 Å². The van der Waals surface area contributed by atoms with Gasteiger partial charge in [-0.25, -0.2) is 9.78 Å². The van der Waals surface area contributed by atoms with Crippen LogP contribution in [-0.4, -0.2) is 100 Å². The molecule has 10 heteroatoms. The van der Waals surface area contributed by atoms with Crippen LogP contribution >= 0.6 is 23.4 Å². The van der Waals surface area contributed by atoms with E-state index in [-0.39, 0.29) is 11.9 Å². The highest BCUT2D eigenvalue weighted by molar-refractivity contribution is 7.99. The molecule has 5 rings (SSSR count). The van der Waals surface area contributed by atoms with E-state index in [9.17, 15) is 9.59 Å². The predicted molar refractivity (Wildman–Crippen MR) is 145 cm³/mol. The Kier molecular flexibility index (Phi) is 7.25. The van der Waals surface area contributed by atoms with Crippen LogP contribution in [0.2, 0.25) is 5.02 Å². The number of amides is 2. The number of ether oxygens (including phenoxy) is 1. The predicted octanol–water partition coefficient (Wildman–Crippen LogP) is 3.92. The monoisotopic (exact) mass is 531 g/mol. The van der Waals surface area contributed by atoms with Crippen molar-refractivity contribution in [3.05, 3.63) is 35.5 Å². The number of carbonyl (C=O) groups is 2. The first kappa shape index (κ1) is 25.4. The van der Waals surface area contributed by atoms with Gasteiger partial charge >= 0.3 is 6.09 Å². The number of aromatic nitrogens is 1. The summed E-state index contributed by atoms with van der Waals surface area (Å²) in [5.74, 6) is 2.65. The molecule has 1 aromatic carbocycles. The molecule has 0 aliphatic carbocycles. The van der Waals surface area contributed by atoms with Crippen molar-refractivity contribution in [1.82, 2.24) is 19.7 Å². The molecule has 2 atom stereocenters. The van der Waals surface area contributed by atoms with Crippen LogP contribution in [0.4, 0.5) is 10.6 Å². The SMILES string of the molecule is CC(C)(C)OC(=O)N1C[C@@H](N2CCN(c3ncc(Cl)c4ccccc34)CC2)C[C@H]1C(=O)N1CCSC1. The number of fused-ring (bicyclic) bond motifs is 1. The molecule has 0 spiro atoms. The number of halogens is 1. The van der Waals surface area contributed by atoms with Gasteiger partial charge in [0.25, 0.3) is 0 Å². The lowest BCUT2D eigenvalue weighted by Crippen LogP contribution is -2.51. The van der Waals surface area contributed by atoms with Gasteiger partial charge in [0, 0.05) is 68.0 Å². The van der Waals surface area contributed by atoms with Crippen molar-refractivity contribution in [1.29, 1.82) is 0 Å². The zero-order chi connectivity index (χ0) is 25.4. The molecule has 2 amide bonds. The van der Waals surface area contributed by atoms with Crippen LogP contribution in [0.5, 0.6) is 0 Å². The summed E-state index contributed by atoms with van der Waals surface area (Å²) in [6, 6.07) is 7.75. The Hall–Kier alpha value is -2.23. The maximum absolute atomic E-state index is 13.4. The number of anilines is 1. The van der Waals surface area contributed by atoms with Crippen molar-refractivity contribution in [2.24, 2.45) is 0 Å². The fraction of sp³-hybridized carbons (Fsp3) is 0.577. The van der Waals surface area contributed by atoms with Gasteiger partial charge in [0.15, 0.2) is 0 Å². The normalized spacial score (nSPS) is 23.5. The second kappa shape index (κ2) is 10.3. The van der Waals surface area contributed by atoms with E-state index in [1.807, 2.05) is 43.9 Å². The molecule has 3 fully saturated rings. The lowest BCUT2D eigenvalue weighted by Gasteiger charge is -2.38. The summed E-state index contributed by atoms with van der Waals surface area (Å²) in [6.45, 7) is 10.2. The molecule has 3 aliphatic heterocycles. The fourth-order valence-corrected chi connectivity index (χ4v) is 6.50. The van der Waals surface area contributed by atoms with Gasteiger partial charge in [-0.3, -0.25) is 14.6 Å². The largest absolute Gasteiger partial charge is 0.444 e. The standard InChI is InChI=1S/C26H34ClN5O3S/c1-26(2,3)35-25(34)32-16-18(14-22(32)24(33)31-12-13-36-17-31)29-8-10-30(11-9-29)23-20-7-5-4-6-19(20)21(27)15-28-23/h4-7,15,18,22H,8-14,16-17H2,1-3H3/t18-,22-/m0/s1. The number of hydrogen-bond acceptors (Lipinski definition) is 7. The molecule has 0 unspecified atom stereocenters. The summed E-state index contributed by atoms with van der Waals surface area (Å²) in [5.41, 5.74) is -0.605. The average Bonchev–Trinajstić information content (AvgIpc) is 3.54. The first-order chi connectivity index (χ1) is 17.2. The van der Waals surface area contributed by atoms with Crippen LogP contribution in [0.15, 0.2) is 30.5 Å². The van der Waals surface area contributed by atoms with Gasteiger partial charge in [-0.1, -0.05) is 35.9 Å². The van der Waals surface area contributed by atoms with E-state index in [1.54, 1.807) is 22.9 Å². The third-order valence-corrected chi connectivity index (χ3v) is 8.38. The third kappa shape index (κ3) is 5.24. The Morgan fingerprint density at radius 2 is 1.81 bits per heavy atom. The van der Waals surface area contributed by atoms with Gasteiger partial charge in [-0.05, 0) is 27.2 Å². The molecular formula is C26H34ClN5O3S. The Balaban J connectivity index is 1.29. The number of nitrogens with zero attached hydrogens (tertiary/aromatic N) is 5. The quantitative estimate of drug-likeness (QED) is 0.594. The van der Waals surface area contributed by atoms with Crippen LogP contribution in [0.25, 0.3) is 10.8 Å². The van der Waals surface area contributed by atoms with E-state index in [2.05, 4.69) is 20.9 Å². The van der Waals surface area contributed by atoms with Crippen molar-refractivity contribution >= 4 is 52.0 Å². The highest BCUT2D eigenvalue weighted by atomic mass is 35.5. The Labute approximate surface area is 221 Å². The Bertz CT molecular complexity index is 1130. The third-order valence-electron chi connectivity index (χ3n) is 7.11. The van der Waals surface area contributed by atoms with E-state index >= 15 is 0 Å². The highest BCUT2D eigenvalue weighted by Crippen LogP contribution is 2.32. The van der Waals surface area contributed by atoms with Gasteiger partial charge in [-0.15, -0.1) is 11.8 Å². The van der Waals surface area contributed by atoms with Crippen LogP contribution in [0.1, 0.15) is 27.2 Å². The minimum atomic E-state index is -0.605. The van der Waals surface area contributed by atoms with Gasteiger partial charge in [0.1, 0.15) is 17.5 Å². The van der Waals surface area contributed by atoms with E-state index in [1.165, 1.54) is 0 Å². The molecule has 8 nitrogen and oxygen atoms in total. The molecule has 0 bridgehead atoms. The van der Waals surface area contributed by atoms with E-state index in [4.69, 9.17) is 16.3 Å². The van der Waals surface area contributed by atoms with Gasteiger partial charge < -0.3 is 14.5 Å². The fourth-order valence-electron chi connectivity index (χ4n) is 5.33. The van der Waals surface area contributed by atoms with Crippen molar-refractivity contribution in [2.75, 3.05) is 55.8 Å². The number of piperazine rings is 1. The zero-order valence-electron chi connectivity index (χ0n) is 21.2. The second-order valence-corrected chi connectivity index (χ2v) is 12.2. The summed E-state index contributed by atoms with van der Waals surface area (Å²) >= 11 is 8.14. The first-order valence-electron chi connectivity index (χ1n) is 12.6. The number of benzene rings is 1. The molecule has 4 heterocycles. The highest BCUT2D eigenvalue weighted by Gasteiger charge is 2.45. The van der Waals surface area contributed by atoms with Crippen LogP contribution in [0.3, 0.4) is 0 Å². The van der Waals surface area contributed by atoms with Gasteiger partial charge in [0.05, 0.1) is 10.9 Å². The van der Waals surface area contributed by atoms with Crippen LogP contribution in [-0.2, 0) is 9.53 Å². The molecular weight excluding hydrogens is 498 g/mol. The maximum Gasteiger partial charge on any atom is 0.411 e. The van der Waals surface area contributed by atoms with E-state index < -0.39 is 17.7 Å². The lowest BCUT2D eigenvalue weighted by molar-refractivity contribution is -0.134. The summed E-state index contributed by atoms with van der Waals surface area (Å²) < 4.78 is 5.69. The molecule has 0 saturated carbocycles. The van der Waals surface area contributed by atoms with E-state index in [0.29, 0.717) is 23.9 Å². The van der Waals surface area contributed by atoms with Crippen LogP contribution < -0.4 is 4.90 Å². The topological polar surface area (TPSA) is 69.2 Å². The number of carbonyl (C=O) groups excluding carboxylic acids is 2. The number of hydrogen-bond donors (Lipinski definition) is 0. The molecule has 2 aromatic rings. The number of likely N-dealkylation sites (tertiary alicyclic amines) is 1. The van der Waals surface area contributed by atoms with Gasteiger partial charge in [-0.2, -0.15) is 0 Å². The number of rotatable bonds is 3. The molecule has 36 heavy (non-hydrogen) atoms. The average molecular weight is 532 g/mol. The molecule has 3 saturated heterocycles. The zero-order valence-corrected chi connectivity index (χ0v) is 22.7. The summed E-state index contributed by atoms with van der Waals surface area (Å²) in [4.78, 5) is 39.4. The first-order valence-corrected chi connectivity index (χ1v) is 14.1. The Morgan fingerprint density at radius 3 is 2.47 bits per heavy atom. The van der Waals surface area contributed by atoms with Crippen molar-refractivity contribution < 1.29 is 14.3 Å². The summed E-state index contributed by atoms with van der Waals surface area (Å²) in [7, 11) is 0. The van der Waals surface area contributed by atoms with E-state index in [0.717, 1.165) is 55.1 Å². The minimum absolute atomic E-state index is 0.0452. The molecule has 1 aromatic heterocycles. The molecule has 3 aliphatic rings. The van der Waals surface area contributed by atoms with Crippen molar-refractivity contribution in [2.45, 2.75) is 44.9 Å². The molecule has 194 valence electrons. The maximum atomic E-state index is 13.4. The smallest absolute Gasteiger partial charge is 0.411 e. The summed E-state index contributed by atoms with van der Waals surface area (Å²) in [6.07, 6.45) is 1.97.